The summed E-state index contributed by atoms with van der Waals surface area (Å²) in [4.78, 5) is 8.13. The summed E-state index contributed by atoms with van der Waals surface area (Å²) < 4.78 is 5.57. The molecule has 2 saturated heterocycles. The van der Waals surface area contributed by atoms with Crippen LogP contribution in [0.4, 0.5) is 5.69 Å². The van der Waals surface area contributed by atoms with Crippen LogP contribution in [0.2, 0.25) is 0 Å². The molecule has 0 radical (unpaired) electrons. The van der Waals surface area contributed by atoms with Crippen LogP contribution in [0.15, 0.2) is 24.3 Å². The van der Waals surface area contributed by atoms with Crippen LogP contribution in [0, 0.1) is 0 Å². The van der Waals surface area contributed by atoms with Crippen LogP contribution < -0.4 is 9.64 Å². The molecule has 4 rings (SSSR count). The molecule has 1 unspecified atom stereocenters. The fourth-order valence-corrected chi connectivity index (χ4v) is 5.45. The van der Waals surface area contributed by atoms with E-state index in [2.05, 4.69) is 39.0 Å². The van der Waals surface area contributed by atoms with Gasteiger partial charge in [0.2, 0.25) is 0 Å². The number of benzene rings is 1. The molecule has 0 spiro atoms. The molecule has 3 fully saturated rings. The molecule has 1 aromatic carbocycles. The van der Waals surface area contributed by atoms with Crippen molar-refractivity contribution in [3.05, 3.63) is 24.3 Å². The molecule has 2 aliphatic heterocycles. The molecule has 0 N–H and O–H groups in total. The van der Waals surface area contributed by atoms with Crippen molar-refractivity contribution in [3.63, 3.8) is 0 Å². The van der Waals surface area contributed by atoms with Crippen molar-refractivity contribution in [2.45, 2.75) is 63.5 Å². The third-order valence-corrected chi connectivity index (χ3v) is 7.03. The van der Waals surface area contributed by atoms with Crippen LogP contribution in [0.25, 0.3) is 0 Å². The van der Waals surface area contributed by atoms with Gasteiger partial charge in [0.05, 0.1) is 12.8 Å². The molecule has 4 heteroatoms. The van der Waals surface area contributed by atoms with E-state index in [-0.39, 0.29) is 0 Å². The van der Waals surface area contributed by atoms with Gasteiger partial charge in [0, 0.05) is 44.8 Å². The van der Waals surface area contributed by atoms with E-state index in [0.717, 1.165) is 30.9 Å². The number of likely N-dealkylation sites (tertiary alicyclic amines) is 1. The van der Waals surface area contributed by atoms with E-state index in [1.54, 1.807) is 7.11 Å². The van der Waals surface area contributed by atoms with Crippen molar-refractivity contribution in [2.75, 3.05) is 51.3 Å². The number of anilines is 1. The highest BCUT2D eigenvalue weighted by Gasteiger charge is 2.31. The number of piperidine rings is 1. The minimum atomic E-state index is 0.766. The Hall–Kier alpha value is -1.26. The highest BCUT2D eigenvalue weighted by molar-refractivity contribution is 5.58. The SMILES string of the molecule is COc1ccccc1N1CCN(C2CCCN(C3CCCCCC3)C2)CC1. The maximum Gasteiger partial charge on any atom is 0.142 e. The van der Waals surface area contributed by atoms with Gasteiger partial charge in [0.1, 0.15) is 5.75 Å². The quantitative estimate of drug-likeness (QED) is 0.745. The Labute approximate surface area is 165 Å². The third kappa shape index (κ3) is 4.60. The van der Waals surface area contributed by atoms with Gasteiger partial charge in [-0.2, -0.15) is 0 Å². The lowest BCUT2D eigenvalue weighted by molar-refractivity contribution is 0.0624. The summed E-state index contributed by atoms with van der Waals surface area (Å²) >= 11 is 0. The first-order valence-corrected chi connectivity index (χ1v) is 11.2. The standard InChI is InChI=1S/C23H37N3O/c1-27-23-13-7-6-12-22(23)25-17-15-24(16-18-25)21-11-8-14-26(19-21)20-9-4-2-3-5-10-20/h6-7,12-13,20-21H,2-5,8-11,14-19H2,1H3. The van der Waals surface area contributed by atoms with E-state index in [4.69, 9.17) is 4.74 Å². The predicted octanol–water partition coefficient (Wildman–Crippen LogP) is 4.00. The average Bonchev–Trinajstić information content (AvgIpc) is 3.04. The highest BCUT2D eigenvalue weighted by atomic mass is 16.5. The monoisotopic (exact) mass is 371 g/mol. The fraction of sp³-hybridized carbons (Fsp3) is 0.739. The first-order chi connectivity index (χ1) is 13.3. The Morgan fingerprint density at radius 1 is 0.741 bits per heavy atom. The van der Waals surface area contributed by atoms with E-state index in [9.17, 15) is 0 Å². The van der Waals surface area contributed by atoms with Crippen LogP contribution in [0.5, 0.6) is 5.75 Å². The van der Waals surface area contributed by atoms with Crippen LogP contribution >= 0.6 is 0 Å². The number of hydrogen-bond donors (Lipinski definition) is 0. The second-order valence-electron chi connectivity index (χ2n) is 8.63. The largest absolute Gasteiger partial charge is 0.495 e. The summed E-state index contributed by atoms with van der Waals surface area (Å²) in [5.41, 5.74) is 1.25. The second kappa shape index (κ2) is 9.29. The van der Waals surface area contributed by atoms with Crippen molar-refractivity contribution < 1.29 is 4.74 Å². The molecule has 2 heterocycles. The zero-order chi connectivity index (χ0) is 18.5. The molecule has 1 aromatic rings. The van der Waals surface area contributed by atoms with Crippen molar-refractivity contribution in [1.82, 2.24) is 9.80 Å². The van der Waals surface area contributed by atoms with E-state index < -0.39 is 0 Å². The van der Waals surface area contributed by atoms with Crippen LogP contribution in [0.1, 0.15) is 51.4 Å². The number of hydrogen-bond acceptors (Lipinski definition) is 4. The maximum absolute atomic E-state index is 5.57. The molecular weight excluding hydrogens is 334 g/mol. The summed E-state index contributed by atoms with van der Waals surface area (Å²) in [6.07, 6.45) is 11.5. The van der Waals surface area contributed by atoms with Crippen molar-refractivity contribution in [3.8, 4) is 5.75 Å². The molecular formula is C23H37N3O. The molecule has 1 saturated carbocycles. The number of para-hydroxylation sites is 2. The van der Waals surface area contributed by atoms with Gasteiger partial charge in [-0.1, -0.05) is 37.8 Å². The summed E-state index contributed by atoms with van der Waals surface area (Å²) in [6.45, 7) is 7.23. The van der Waals surface area contributed by atoms with Gasteiger partial charge in [-0.25, -0.2) is 0 Å². The van der Waals surface area contributed by atoms with Crippen LogP contribution in [0.3, 0.4) is 0 Å². The molecule has 0 aromatic heterocycles. The summed E-state index contributed by atoms with van der Waals surface area (Å²) in [7, 11) is 1.78. The van der Waals surface area contributed by atoms with Gasteiger partial charge in [-0.05, 0) is 44.4 Å². The highest BCUT2D eigenvalue weighted by Crippen LogP contribution is 2.30. The Morgan fingerprint density at radius 3 is 2.19 bits per heavy atom. The van der Waals surface area contributed by atoms with Crippen LogP contribution in [-0.2, 0) is 0 Å². The molecule has 1 atom stereocenters. The third-order valence-electron chi connectivity index (χ3n) is 7.03. The minimum Gasteiger partial charge on any atom is -0.495 e. The number of rotatable bonds is 4. The summed E-state index contributed by atoms with van der Waals surface area (Å²) in [5, 5.41) is 0. The topological polar surface area (TPSA) is 19.0 Å². The summed E-state index contributed by atoms with van der Waals surface area (Å²) in [5.74, 6) is 1.00. The Bertz CT molecular complexity index is 577. The van der Waals surface area contributed by atoms with Gasteiger partial charge >= 0.3 is 0 Å². The molecule has 27 heavy (non-hydrogen) atoms. The van der Waals surface area contributed by atoms with Crippen molar-refractivity contribution >= 4 is 5.69 Å². The minimum absolute atomic E-state index is 0.766. The molecule has 150 valence electrons. The fourth-order valence-electron chi connectivity index (χ4n) is 5.45. The van der Waals surface area contributed by atoms with E-state index in [1.807, 2.05) is 0 Å². The maximum atomic E-state index is 5.57. The van der Waals surface area contributed by atoms with Gasteiger partial charge in [-0.3, -0.25) is 9.80 Å². The van der Waals surface area contributed by atoms with Crippen molar-refractivity contribution in [2.24, 2.45) is 0 Å². The van der Waals surface area contributed by atoms with Gasteiger partial charge in [0.25, 0.3) is 0 Å². The Balaban J connectivity index is 1.32. The van der Waals surface area contributed by atoms with Gasteiger partial charge in [-0.15, -0.1) is 0 Å². The first-order valence-electron chi connectivity index (χ1n) is 11.2. The van der Waals surface area contributed by atoms with Crippen molar-refractivity contribution in [1.29, 1.82) is 0 Å². The zero-order valence-electron chi connectivity index (χ0n) is 17.1. The van der Waals surface area contributed by atoms with E-state index in [0.29, 0.717) is 0 Å². The normalized spacial score (nSPS) is 26.7. The lowest BCUT2D eigenvalue weighted by Crippen LogP contribution is -2.56. The number of methoxy groups -OCH3 is 1. The number of nitrogens with zero attached hydrogens (tertiary/aromatic N) is 3. The predicted molar refractivity (Wildman–Crippen MR) is 113 cm³/mol. The second-order valence-corrected chi connectivity index (χ2v) is 8.63. The molecule has 4 nitrogen and oxygen atoms in total. The molecule has 3 aliphatic rings. The molecule has 0 amide bonds. The summed E-state index contributed by atoms with van der Waals surface area (Å²) in [6, 6.07) is 10.1. The van der Waals surface area contributed by atoms with Gasteiger partial charge in [0.15, 0.2) is 0 Å². The Morgan fingerprint density at radius 2 is 1.44 bits per heavy atom. The number of ether oxygens (including phenoxy) is 1. The van der Waals surface area contributed by atoms with Crippen LogP contribution in [-0.4, -0.2) is 68.3 Å². The average molecular weight is 372 g/mol. The van der Waals surface area contributed by atoms with Gasteiger partial charge < -0.3 is 9.64 Å². The Kier molecular flexibility index (Phi) is 6.56. The zero-order valence-corrected chi connectivity index (χ0v) is 17.1. The number of piperazine rings is 1. The lowest BCUT2D eigenvalue weighted by atomic mass is 9.98. The molecule has 1 aliphatic carbocycles. The van der Waals surface area contributed by atoms with E-state index in [1.165, 1.54) is 83.2 Å². The smallest absolute Gasteiger partial charge is 0.142 e. The molecule has 0 bridgehead atoms. The lowest BCUT2D eigenvalue weighted by Gasteiger charge is -2.45. The van der Waals surface area contributed by atoms with E-state index >= 15 is 0 Å². The first kappa shape index (κ1) is 19.1.